The van der Waals surface area contributed by atoms with Gasteiger partial charge in [-0.05, 0) is 47.7 Å². The summed E-state index contributed by atoms with van der Waals surface area (Å²) in [6, 6.07) is 13.6. The lowest BCUT2D eigenvalue weighted by Gasteiger charge is -2.28. The molecule has 0 bridgehead atoms. The zero-order valence-corrected chi connectivity index (χ0v) is 14.0. The van der Waals surface area contributed by atoms with Gasteiger partial charge in [-0.1, -0.05) is 30.3 Å². The average molecular weight is 326 g/mol. The molecule has 1 unspecified atom stereocenters. The van der Waals surface area contributed by atoms with Gasteiger partial charge in [0.2, 0.25) is 0 Å². The lowest BCUT2D eigenvalue weighted by atomic mass is 9.84. The van der Waals surface area contributed by atoms with E-state index in [4.69, 9.17) is 9.47 Å². The summed E-state index contributed by atoms with van der Waals surface area (Å²) in [6.45, 7) is 2.08. The van der Waals surface area contributed by atoms with Crippen LogP contribution >= 0.6 is 0 Å². The number of methoxy groups -OCH3 is 1. The molecule has 1 aliphatic carbocycles. The van der Waals surface area contributed by atoms with Gasteiger partial charge >= 0.3 is 5.97 Å². The van der Waals surface area contributed by atoms with Crippen LogP contribution < -0.4 is 4.74 Å². The van der Waals surface area contributed by atoms with Crippen molar-refractivity contribution in [2.45, 2.75) is 31.8 Å². The molecular formula is C20H22O4. The molecule has 24 heavy (non-hydrogen) atoms. The molecule has 0 aliphatic heterocycles. The Kier molecular flexibility index (Phi) is 4.58. The summed E-state index contributed by atoms with van der Waals surface area (Å²) in [4.78, 5) is 12.0. The van der Waals surface area contributed by atoms with E-state index in [0.29, 0.717) is 19.4 Å². The van der Waals surface area contributed by atoms with Crippen molar-refractivity contribution in [3.05, 3.63) is 64.7 Å². The van der Waals surface area contributed by atoms with Crippen LogP contribution in [0.15, 0.2) is 42.5 Å². The summed E-state index contributed by atoms with van der Waals surface area (Å²) in [5.41, 5.74) is 2.70. The third-order valence-electron chi connectivity index (χ3n) is 4.54. The van der Waals surface area contributed by atoms with E-state index in [-0.39, 0.29) is 12.4 Å². The van der Waals surface area contributed by atoms with Crippen molar-refractivity contribution < 1.29 is 19.4 Å². The lowest BCUT2D eigenvalue weighted by Crippen LogP contribution is -2.32. The largest absolute Gasteiger partial charge is 0.497 e. The van der Waals surface area contributed by atoms with Gasteiger partial charge in [-0.25, -0.2) is 0 Å². The summed E-state index contributed by atoms with van der Waals surface area (Å²) in [5, 5.41) is 11.3. The maximum Gasteiger partial charge on any atom is 0.309 e. The van der Waals surface area contributed by atoms with Crippen molar-refractivity contribution >= 4 is 5.97 Å². The highest BCUT2D eigenvalue weighted by Crippen LogP contribution is 2.38. The van der Waals surface area contributed by atoms with Crippen molar-refractivity contribution in [3.8, 4) is 5.75 Å². The molecule has 0 aromatic heterocycles. The second kappa shape index (κ2) is 6.65. The molecule has 1 atom stereocenters. The van der Waals surface area contributed by atoms with E-state index < -0.39 is 5.60 Å². The predicted molar refractivity (Wildman–Crippen MR) is 91.1 cm³/mol. The number of carbonyl (C=O) groups is 1. The van der Waals surface area contributed by atoms with Gasteiger partial charge in [0, 0.05) is 6.42 Å². The molecule has 0 saturated carbocycles. The fourth-order valence-corrected chi connectivity index (χ4v) is 3.42. The van der Waals surface area contributed by atoms with Crippen molar-refractivity contribution in [2.75, 3.05) is 13.7 Å². The highest BCUT2D eigenvalue weighted by molar-refractivity contribution is 5.71. The monoisotopic (exact) mass is 326 g/mol. The first-order valence-corrected chi connectivity index (χ1v) is 8.18. The van der Waals surface area contributed by atoms with Crippen LogP contribution in [-0.2, 0) is 28.0 Å². The molecule has 0 spiro atoms. The summed E-state index contributed by atoms with van der Waals surface area (Å²) in [5.74, 6) is 0.411. The number of ether oxygens (including phenoxy) is 2. The lowest BCUT2D eigenvalue weighted by molar-refractivity contribution is -0.149. The predicted octanol–water partition coefficient (Wildman–Crippen LogP) is 2.98. The first-order valence-electron chi connectivity index (χ1n) is 8.18. The van der Waals surface area contributed by atoms with Gasteiger partial charge in [-0.3, -0.25) is 4.79 Å². The SMILES string of the molecule is CCOC(=O)CC1(O)Cc2ccc(OC)cc2Cc2ccccc21. The Hall–Kier alpha value is -2.33. The topological polar surface area (TPSA) is 55.8 Å². The van der Waals surface area contributed by atoms with E-state index in [1.54, 1.807) is 14.0 Å². The van der Waals surface area contributed by atoms with E-state index >= 15 is 0 Å². The minimum absolute atomic E-state index is 0.0523. The maximum absolute atomic E-state index is 12.0. The van der Waals surface area contributed by atoms with Crippen LogP contribution in [0.25, 0.3) is 0 Å². The molecule has 2 aromatic rings. The minimum atomic E-state index is -1.26. The molecule has 0 saturated heterocycles. The fourth-order valence-electron chi connectivity index (χ4n) is 3.42. The van der Waals surface area contributed by atoms with Gasteiger partial charge in [-0.2, -0.15) is 0 Å². The van der Waals surface area contributed by atoms with Crippen LogP contribution in [-0.4, -0.2) is 24.8 Å². The number of hydrogen-bond donors (Lipinski definition) is 1. The summed E-state index contributed by atoms with van der Waals surface area (Å²) >= 11 is 0. The van der Waals surface area contributed by atoms with Crippen LogP contribution in [0.2, 0.25) is 0 Å². The zero-order valence-electron chi connectivity index (χ0n) is 14.0. The molecular weight excluding hydrogens is 304 g/mol. The number of fused-ring (bicyclic) bond motifs is 2. The standard InChI is InChI=1S/C20H22O4/c1-3-24-19(21)13-20(22)12-15-8-9-17(23-2)11-16(15)10-14-6-4-5-7-18(14)20/h4-9,11,22H,3,10,12-13H2,1-2H3. The third kappa shape index (κ3) is 3.15. The van der Waals surface area contributed by atoms with Crippen LogP contribution in [0.5, 0.6) is 5.75 Å². The maximum atomic E-state index is 12.0. The third-order valence-corrected chi connectivity index (χ3v) is 4.54. The molecule has 0 amide bonds. The number of rotatable bonds is 4. The molecule has 4 heteroatoms. The molecule has 2 aromatic carbocycles. The zero-order chi connectivity index (χ0) is 17.2. The quantitative estimate of drug-likeness (QED) is 0.878. The molecule has 1 N–H and O–H groups in total. The summed E-state index contributed by atoms with van der Waals surface area (Å²) in [6.07, 6.45) is 1.03. The van der Waals surface area contributed by atoms with Crippen LogP contribution in [0.1, 0.15) is 35.6 Å². The Morgan fingerprint density at radius 1 is 1.17 bits per heavy atom. The second-order valence-electron chi connectivity index (χ2n) is 6.16. The van der Waals surface area contributed by atoms with Gasteiger partial charge in [0.25, 0.3) is 0 Å². The molecule has 3 rings (SSSR count). The summed E-state index contributed by atoms with van der Waals surface area (Å²) in [7, 11) is 1.64. The Bertz CT molecular complexity index is 753. The van der Waals surface area contributed by atoms with Crippen LogP contribution in [0, 0.1) is 0 Å². The number of hydrogen-bond acceptors (Lipinski definition) is 4. The van der Waals surface area contributed by atoms with Gasteiger partial charge in [0.1, 0.15) is 11.4 Å². The van der Waals surface area contributed by atoms with Gasteiger partial charge in [-0.15, -0.1) is 0 Å². The Balaban J connectivity index is 2.07. The second-order valence-corrected chi connectivity index (χ2v) is 6.16. The summed E-state index contributed by atoms with van der Waals surface area (Å²) < 4.78 is 10.4. The van der Waals surface area contributed by atoms with E-state index in [1.165, 1.54) is 0 Å². The molecule has 0 radical (unpaired) electrons. The molecule has 126 valence electrons. The van der Waals surface area contributed by atoms with Crippen LogP contribution in [0.3, 0.4) is 0 Å². The van der Waals surface area contributed by atoms with Crippen molar-refractivity contribution in [3.63, 3.8) is 0 Å². The minimum Gasteiger partial charge on any atom is -0.497 e. The number of aliphatic hydroxyl groups is 1. The molecule has 1 aliphatic rings. The fraction of sp³-hybridized carbons (Fsp3) is 0.350. The molecule has 4 nitrogen and oxygen atoms in total. The highest BCUT2D eigenvalue weighted by atomic mass is 16.5. The number of esters is 1. The Morgan fingerprint density at radius 2 is 1.96 bits per heavy atom. The van der Waals surface area contributed by atoms with Gasteiger partial charge < -0.3 is 14.6 Å². The molecule has 0 heterocycles. The highest BCUT2D eigenvalue weighted by Gasteiger charge is 2.37. The van der Waals surface area contributed by atoms with E-state index in [0.717, 1.165) is 28.0 Å². The molecule has 0 fully saturated rings. The van der Waals surface area contributed by atoms with Crippen molar-refractivity contribution in [1.29, 1.82) is 0 Å². The van der Waals surface area contributed by atoms with Crippen molar-refractivity contribution in [1.82, 2.24) is 0 Å². The van der Waals surface area contributed by atoms with Gasteiger partial charge in [0.15, 0.2) is 0 Å². The van der Waals surface area contributed by atoms with E-state index in [1.807, 2.05) is 42.5 Å². The Labute approximate surface area is 142 Å². The first-order chi connectivity index (χ1) is 11.6. The number of carbonyl (C=O) groups excluding carboxylic acids is 1. The normalized spacial score (nSPS) is 19.0. The van der Waals surface area contributed by atoms with Gasteiger partial charge in [0.05, 0.1) is 20.1 Å². The van der Waals surface area contributed by atoms with Crippen LogP contribution in [0.4, 0.5) is 0 Å². The van der Waals surface area contributed by atoms with E-state index in [9.17, 15) is 9.90 Å². The Morgan fingerprint density at radius 3 is 2.71 bits per heavy atom. The smallest absolute Gasteiger partial charge is 0.309 e. The first kappa shape index (κ1) is 16.5. The average Bonchev–Trinajstić information content (AvgIpc) is 2.68. The number of benzene rings is 2. The van der Waals surface area contributed by atoms with Crippen molar-refractivity contribution in [2.24, 2.45) is 0 Å². The van der Waals surface area contributed by atoms with E-state index in [2.05, 4.69) is 0 Å².